The highest BCUT2D eigenvalue weighted by molar-refractivity contribution is 4.96. The lowest BCUT2D eigenvalue weighted by atomic mass is 10.1. The Morgan fingerprint density at radius 3 is 2.58 bits per heavy atom. The van der Waals surface area contributed by atoms with Gasteiger partial charge in [-0.25, -0.2) is 0 Å². The van der Waals surface area contributed by atoms with Gasteiger partial charge in [-0.15, -0.1) is 0 Å². The summed E-state index contributed by atoms with van der Waals surface area (Å²) in [5.41, 5.74) is 0. The van der Waals surface area contributed by atoms with Crippen molar-refractivity contribution in [2.75, 3.05) is 26.8 Å². The molecule has 0 aromatic heterocycles. The van der Waals surface area contributed by atoms with Gasteiger partial charge < -0.3 is 4.74 Å². The quantitative estimate of drug-likeness (QED) is 0.654. The number of nitrogens with one attached hydrogen (secondary N) is 1. The summed E-state index contributed by atoms with van der Waals surface area (Å²) >= 11 is 0. The molecule has 4 nitrogen and oxygen atoms in total. The van der Waals surface area contributed by atoms with Gasteiger partial charge in [-0.05, 0) is 44.9 Å². The van der Waals surface area contributed by atoms with Crippen LogP contribution in [0, 0.1) is 17.2 Å². The highest BCUT2D eigenvalue weighted by Crippen LogP contribution is 2.35. The highest BCUT2D eigenvalue weighted by atomic mass is 16.5. The zero-order chi connectivity index (χ0) is 13.7. The third-order valence-electron chi connectivity index (χ3n) is 4.34. The van der Waals surface area contributed by atoms with Gasteiger partial charge in [0.1, 0.15) is 0 Å². The van der Waals surface area contributed by atoms with Crippen molar-refractivity contribution in [1.82, 2.24) is 10.2 Å². The Morgan fingerprint density at radius 1 is 1.32 bits per heavy atom. The molecule has 0 aromatic carbocycles. The van der Waals surface area contributed by atoms with E-state index in [0.717, 1.165) is 32.0 Å². The van der Waals surface area contributed by atoms with Crippen LogP contribution >= 0.6 is 0 Å². The first-order chi connectivity index (χ1) is 9.24. The van der Waals surface area contributed by atoms with Crippen molar-refractivity contribution in [3.8, 4) is 6.07 Å². The van der Waals surface area contributed by atoms with Crippen molar-refractivity contribution >= 4 is 0 Å². The minimum Gasteiger partial charge on any atom is -0.383 e. The first-order valence-corrected chi connectivity index (χ1v) is 7.63. The number of methoxy groups -OCH3 is 1. The summed E-state index contributed by atoms with van der Waals surface area (Å²) in [6, 6.07) is 3.66. The van der Waals surface area contributed by atoms with Crippen LogP contribution in [-0.2, 0) is 4.74 Å². The fourth-order valence-electron chi connectivity index (χ4n) is 2.62. The summed E-state index contributed by atoms with van der Waals surface area (Å²) in [5.74, 6) is 0.869. The van der Waals surface area contributed by atoms with Crippen LogP contribution in [0.1, 0.15) is 39.0 Å². The molecule has 0 aliphatic heterocycles. The first-order valence-electron chi connectivity index (χ1n) is 7.63. The Kier molecular flexibility index (Phi) is 5.62. The largest absolute Gasteiger partial charge is 0.383 e. The van der Waals surface area contributed by atoms with Crippen molar-refractivity contribution in [1.29, 1.82) is 5.26 Å². The lowest BCUT2D eigenvalue weighted by Gasteiger charge is -2.29. The molecule has 0 bridgehead atoms. The third-order valence-corrected chi connectivity index (χ3v) is 4.34. The van der Waals surface area contributed by atoms with Crippen LogP contribution in [-0.4, -0.2) is 49.8 Å². The topological polar surface area (TPSA) is 48.3 Å². The van der Waals surface area contributed by atoms with E-state index in [1.807, 2.05) is 0 Å². The summed E-state index contributed by atoms with van der Waals surface area (Å²) in [5, 5.41) is 12.6. The van der Waals surface area contributed by atoms with Crippen molar-refractivity contribution in [3.63, 3.8) is 0 Å². The Morgan fingerprint density at radius 2 is 2.05 bits per heavy atom. The summed E-state index contributed by atoms with van der Waals surface area (Å²) in [6.45, 7) is 5.09. The minimum absolute atomic E-state index is 0.0175. The Balaban J connectivity index is 1.74. The van der Waals surface area contributed by atoms with E-state index in [1.54, 1.807) is 7.11 Å². The summed E-state index contributed by atoms with van der Waals surface area (Å²) in [4.78, 5) is 2.50. The van der Waals surface area contributed by atoms with E-state index in [2.05, 4.69) is 23.2 Å². The Bertz CT molecular complexity index is 307. The smallest absolute Gasteiger partial charge is 0.0967 e. The van der Waals surface area contributed by atoms with Gasteiger partial charge in [-0.1, -0.05) is 0 Å². The summed E-state index contributed by atoms with van der Waals surface area (Å²) < 4.78 is 5.21. The monoisotopic (exact) mass is 265 g/mol. The molecule has 2 fully saturated rings. The van der Waals surface area contributed by atoms with E-state index < -0.39 is 0 Å². The number of rotatable bonds is 10. The molecular formula is C15H27N3O. The highest BCUT2D eigenvalue weighted by Gasteiger charge is 2.32. The van der Waals surface area contributed by atoms with Crippen LogP contribution in [0.4, 0.5) is 0 Å². The molecule has 108 valence electrons. The molecule has 2 aliphatic rings. The SMILES string of the molecule is COCCN(CCC(C#N)NC1CC1)C(C)C1CC1. The predicted octanol–water partition coefficient (Wildman–Crippen LogP) is 1.77. The van der Waals surface area contributed by atoms with Crippen LogP contribution < -0.4 is 5.32 Å². The summed E-state index contributed by atoms with van der Waals surface area (Å²) in [6.07, 6.45) is 6.14. The molecule has 2 unspecified atom stereocenters. The molecule has 19 heavy (non-hydrogen) atoms. The van der Waals surface area contributed by atoms with Crippen LogP contribution in [0.3, 0.4) is 0 Å². The van der Waals surface area contributed by atoms with E-state index >= 15 is 0 Å². The normalized spacial score (nSPS) is 22.2. The van der Waals surface area contributed by atoms with E-state index in [4.69, 9.17) is 4.74 Å². The Labute approximate surface area is 117 Å². The van der Waals surface area contributed by atoms with E-state index in [9.17, 15) is 5.26 Å². The number of ether oxygens (including phenoxy) is 1. The van der Waals surface area contributed by atoms with Crippen molar-refractivity contribution in [3.05, 3.63) is 0 Å². The molecule has 0 aromatic rings. The molecule has 0 spiro atoms. The molecule has 1 N–H and O–H groups in total. The first kappa shape index (κ1) is 14.8. The van der Waals surface area contributed by atoms with Gasteiger partial charge >= 0.3 is 0 Å². The number of hydrogen-bond donors (Lipinski definition) is 1. The van der Waals surface area contributed by atoms with E-state index in [1.165, 1.54) is 25.7 Å². The van der Waals surface area contributed by atoms with Gasteiger partial charge in [-0.3, -0.25) is 10.2 Å². The van der Waals surface area contributed by atoms with Crippen molar-refractivity contribution in [2.45, 2.75) is 57.2 Å². The minimum atomic E-state index is 0.0175. The molecule has 2 saturated carbocycles. The maximum Gasteiger partial charge on any atom is 0.0967 e. The molecule has 0 heterocycles. The van der Waals surface area contributed by atoms with Gasteiger partial charge in [0.2, 0.25) is 0 Å². The number of nitrogens with zero attached hydrogens (tertiary/aromatic N) is 2. The molecule has 2 atom stereocenters. The van der Waals surface area contributed by atoms with Crippen LogP contribution in [0.2, 0.25) is 0 Å². The van der Waals surface area contributed by atoms with Crippen molar-refractivity contribution in [2.24, 2.45) is 5.92 Å². The van der Waals surface area contributed by atoms with Crippen LogP contribution in [0.5, 0.6) is 0 Å². The maximum absolute atomic E-state index is 9.20. The zero-order valence-corrected chi connectivity index (χ0v) is 12.3. The molecule has 2 rings (SSSR count). The second-order valence-electron chi connectivity index (χ2n) is 6.02. The molecule has 4 heteroatoms. The average molecular weight is 265 g/mol. The number of hydrogen-bond acceptors (Lipinski definition) is 4. The molecule has 2 aliphatic carbocycles. The standard InChI is InChI=1S/C15H27N3O/c1-12(13-3-4-13)18(9-10-19-2)8-7-15(11-16)17-14-5-6-14/h12-15,17H,3-10H2,1-2H3. The molecule has 0 saturated heterocycles. The second kappa shape index (κ2) is 7.23. The lowest BCUT2D eigenvalue weighted by molar-refractivity contribution is 0.114. The van der Waals surface area contributed by atoms with Gasteiger partial charge in [0.05, 0.1) is 18.7 Å². The zero-order valence-electron chi connectivity index (χ0n) is 12.3. The van der Waals surface area contributed by atoms with Gasteiger partial charge in [-0.2, -0.15) is 5.26 Å². The molecule has 0 radical (unpaired) electrons. The third kappa shape index (κ3) is 5.10. The molecular weight excluding hydrogens is 238 g/mol. The fourth-order valence-corrected chi connectivity index (χ4v) is 2.62. The summed E-state index contributed by atoms with van der Waals surface area (Å²) in [7, 11) is 1.76. The van der Waals surface area contributed by atoms with Crippen LogP contribution in [0.15, 0.2) is 0 Å². The average Bonchev–Trinajstić information content (AvgIpc) is 3.29. The predicted molar refractivity (Wildman–Crippen MR) is 75.8 cm³/mol. The van der Waals surface area contributed by atoms with Gasteiger partial charge in [0.15, 0.2) is 0 Å². The fraction of sp³-hybridized carbons (Fsp3) is 0.933. The van der Waals surface area contributed by atoms with E-state index in [0.29, 0.717) is 12.1 Å². The van der Waals surface area contributed by atoms with Crippen LogP contribution in [0.25, 0.3) is 0 Å². The second-order valence-corrected chi connectivity index (χ2v) is 6.02. The number of nitriles is 1. The van der Waals surface area contributed by atoms with E-state index in [-0.39, 0.29) is 6.04 Å². The van der Waals surface area contributed by atoms with Gasteiger partial charge in [0.25, 0.3) is 0 Å². The van der Waals surface area contributed by atoms with Gasteiger partial charge in [0, 0.05) is 32.3 Å². The molecule has 0 amide bonds. The lowest BCUT2D eigenvalue weighted by Crippen LogP contribution is -2.41. The Hall–Kier alpha value is -0.630. The maximum atomic E-state index is 9.20. The van der Waals surface area contributed by atoms with Crippen molar-refractivity contribution < 1.29 is 4.74 Å².